The number of aliphatic carboxylic acids is 1. The zero-order valence-electron chi connectivity index (χ0n) is 46.0. The summed E-state index contributed by atoms with van der Waals surface area (Å²) in [6.45, 7) is 5.59. The largest absolute Gasteiger partial charge is 0.479 e. The number of carbonyl (C=O) groups is 4. The Bertz CT molecular complexity index is 1810. The van der Waals surface area contributed by atoms with Crippen molar-refractivity contribution in [1.82, 2.24) is 0 Å². The highest BCUT2D eigenvalue weighted by molar-refractivity contribution is 5.74. The van der Waals surface area contributed by atoms with Crippen LogP contribution in [0.3, 0.4) is 0 Å². The van der Waals surface area contributed by atoms with Crippen LogP contribution in [0.1, 0.15) is 188 Å². The van der Waals surface area contributed by atoms with E-state index >= 15 is 0 Å². The van der Waals surface area contributed by atoms with Crippen molar-refractivity contribution in [1.29, 1.82) is 0 Å². The average molecular weight is 1050 g/mol. The van der Waals surface area contributed by atoms with Crippen LogP contribution in [0.2, 0.25) is 0 Å². The van der Waals surface area contributed by atoms with Gasteiger partial charge in [-0.1, -0.05) is 193 Å². The third-order valence-corrected chi connectivity index (χ3v) is 11.7. The third-order valence-electron chi connectivity index (χ3n) is 11.7. The van der Waals surface area contributed by atoms with Crippen LogP contribution < -0.4 is 0 Å². The summed E-state index contributed by atoms with van der Waals surface area (Å²) >= 11 is 0. The highest BCUT2D eigenvalue weighted by Gasteiger charge is 2.50. The number of hydrogen-bond acceptors (Lipinski definition) is 11. The fourth-order valence-electron chi connectivity index (χ4n) is 7.46. The van der Waals surface area contributed by atoms with E-state index in [-0.39, 0.29) is 25.9 Å². The minimum absolute atomic E-state index is 0.0229. The molecule has 0 aliphatic carbocycles. The molecule has 1 fully saturated rings. The molecule has 0 aromatic heterocycles. The molecule has 1 aliphatic heterocycles. The molecule has 0 amide bonds. The van der Waals surface area contributed by atoms with Crippen molar-refractivity contribution >= 4 is 23.9 Å². The number of unbranched alkanes of at least 4 members (excludes halogenated alkanes) is 9. The van der Waals surface area contributed by atoms with Crippen LogP contribution in [0, 0.1) is 0 Å². The lowest BCUT2D eigenvalue weighted by molar-refractivity contribution is -0.301. The SMILES string of the molecule is CC/C=C\C/C=C\C/C=C\C/C=C\CCC(=O)OC(COC(=O)CCCCCCCC/C=C\C/C=C\C/C=C\CCCCC)COC1OC(C(=O)O)C(O)C(O)C1OC(=O)CC/C=C\C/C=C\C/C=C\C/C=C\CC. The van der Waals surface area contributed by atoms with Crippen molar-refractivity contribution in [2.24, 2.45) is 0 Å². The van der Waals surface area contributed by atoms with E-state index in [0.717, 1.165) is 89.9 Å². The van der Waals surface area contributed by atoms with Gasteiger partial charge in [0, 0.05) is 19.3 Å². The molecule has 0 bridgehead atoms. The molecule has 0 aromatic rings. The van der Waals surface area contributed by atoms with E-state index < -0.39 is 67.3 Å². The fraction of sp³-hybridized carbons (Fsp3) is 0.587. The number of ether oxygens (including phenoxy) is 5. The summed E-state index contributed by atoms with van der Waals surface area (Å²) in [6, 6.07) is 0. The number of aliphatic hydroxyl groups excluding tert-OH is 2. The minimum Gasteiger partial charge on any atom is -0.479 e. The Morgan fingerprint density at radius 3 is 1.33 bits per heavy atom. The number of esters is 3. The van der Waals surface area contributed by atoms with Crippen LogP contribution in [-0.2, 0) is 42.9 Å². The maximum Gasteiger partial charge on any atom is 0.335 e. The van der Waals surface area contributed by atoms with Gasteiger partial charge in [0.1, 0.15) is 18.8 Å². The van der Waals surface area contributed by atoms with Crippen molar-refractivity contribution in [2.45, 2.75) is 225 Å². The Labute approximate surface area is 451 Å². The smallest absolute Gasteiger partial charge is 0.335 e. The average Bonchev–Trinajstić information content (AvgIpc) is 3.39. The first kappa shape index (κ1) is 67.9. The Hall–Kier alpha value is -5.14. The van der Waals surface area contributed by atoms with Gasteiger partial charge in [-0.2, -0.15) is 0 Å². The van der Waals surface area contributed by atoms with Crippen molar-refractivity contribution in [3.8, 4) is 0 Å². The normalized spacial score (nSPS) is 19.2. The number of aliphatic hydroxyl groups is 2. The van der Waals surface area contributed by atoms with Gasteiger partial charge in [0.15, 0.2) is 24.6 Å². The summed E-state index contributed by atoms with van der Waals surface area (Å²) in [7, 11) is 0. The Morgan fingerprint density at radius 2 is 0.867 bits per heavy atom. The molecular formula is C63H96O12. The summed E-state index contributed by atoms with van der Waals surface area (Å²) in [5.41, 5.74) is 0. The van der Waals surface area contributed by atoms with Crippen LogP contribution in [0.25, 0.3) is 0 Å². The lowest BCUT2D eigenvalue weighted by Crippen LogP contribution is -2.61. The highest BCUT2D eigenvalue weighted by atomic mass is 16.7. The second-order valence-electron chi connectivity index (χ2n) is 18.4. The molecule has 75 heavy (non-hydrogen) atoms. The van der Waals surface area contributed by atoms with E-state index in [1.54, 1.807) is 0 Å². The summed E-state index contributed by atoms with van der Waals surface area (Å²) in [6.07, 6.45) is 57.5. The molecule has 420 valence electrons. The van der Waals surface area contributed by atoms with Crippen molar-refractivity contribution in [3.05, 3.63) is 134 Å². The number of carboxylic acid groups (broad SMARTS) is 1. The monoisotopic (exact) mass is 1040 g/mol. The Morgan fingerprint density at radius 1 is 0.453 bits per heavy atom. The van der Waals surface area contributed by atoms with E-state index in [4.69, 9.17) is 23.7 Å². The summed E-state index contributed by atoms with van der Waals surface area (Å²) < 4.78 is 28.2. The van der Waals surface area contributed by atoms with E-state index in [1.165, 1.54) is 25.7 Å². The number of carboxylic acids is 1. The lowest BCUT2D eigenvalue weighted by Gasteiger charge is -2.40. The van der Waals surface area contributed by atoms with Gasteiger partial charge in [0.2, 0.25) is 0 Å². The molecule has 1 saturated heterocycles. The molecule has 12 nitrogen and oxygen atoms in total. The summed E-state index contributed by atoms with van der Waals surface area (Å²) in [5.74, 6) is -3.38. The fourth-order valence-corrected chi connectivity index (χ4v) is 7.46. The van der Waals surface area contributed by atoms with Crippen LogP contribution in [0.5, 0.6) is 0 Å². The molecular weight excluding hydrogens is 949 g/mol. The van der Waals surface area contributed by atoms with Gasteiger partial charge in [-0.15, -0.1) is 0 Å². The van der Waals surface area contributed by atoms with E-state index in [9.17, 15) is 34.5 Å². The first-order valence-electron chi connectivity index (χ1n) is 28.2. The molecule has 1 rings (SSSR count). The van der Waals surface area contributed by atoms with Gasteiger partial charge in [0.05, 0.1) is 6.61 Å². The number of allylic oxidation sites excluding steroid dienone is 22. The molecule has 6 atom stereocenters. The van der Waals surface area contributed by atoms with Crippen molar-refractivity contribution in [3.63, 3.8) is 0 Å². The predicted molar refractivity (Wildman–Crippen MR) is 303 cm³/mol. The molecule has 6 unspecified atom stereocenters. The van der Waals surface area contributed by atoms with Gasteiger partial charge < -0.3 is 39.0 Å². The Kier molecular flexibility index (Phi) is 45.0. The molecule has 1 aliphatic rings. The third kappa shape index (κ3) is 39.9. The zero-order chi connectivity index (χ0) is 54.7. The number of rotatable bonds is 45. The lowest BCUT2D eigenvalue weighted by atomic mass is 9.98. The molecule has 12 heteroatoms. The van der Waals surface area contributed by atoms with E-state index in [1.807, 2.05) is 36.5 Å². The zero-order valence-corrected chi connectivity index (χ0v) is 46.0. The van der Waals surface area contributed by atoms with Crippen LogP contribution >= 0.6 is 0 Å². The second kappa shape index (κ2) is 49.7. The maximum atomic E-state index is 13.1. The number of hydrogen-bond donors (Lipinski definition) is 3. The first-order chi connectivity index (χ1) is 36.6. The first-order valence-corrected chi connectivity index (χ1v) is 28.2. The summed E-state index contributed by atoms with van der Waals surface area (Å²) in [5, 5.41) is 31.4. The molecule has 0 radical (unpaired) electrons. The van der Waals surface area contributed by atoms with Crippen LogP contribution in [-0.4, -0.2) is 89.2 Å². The standard InChI is InChI=1S/C63H96O12/c1-4-7-10-13-16-19-22-25-26-27-28-29-30-33-34-37-40-43-46-49-55(64)71-52-54(73-56(65)50-47-44-41-38-35-31-23-20-17-14-11-8-5-2)53-72-63-61(59(68)58(67)60(75-63)62(69)70)74-57(66)51-48-45-42-39-36-32-24-21-18-15-12-9-6-3/h8-9,11-12,16-21,25-26,28-29,31-32,35-36,41-42,44-45,54,58-61,63,67-68H,4-7,10,13-15,22-24,27,30,33-34,37-40,43,46-53H2,1-3H3,(H,69,70)/b11-8-,12-9-,19-16-,20-17-,21-18-,26-25-,29-28-,35-31-,36-32-,44-41-,45-42-. The predicted octanol–water partition coefficient (Wildman–Crippen LogP) is 14.2. The van der Waals surface area contributed by atoms with E-state index in [2.05, 4.69) is 118 Å². The Balaban J connectivity index is 2.78. The van der Waals surface area contributed by atoms with Crippen LogP contribution in [0.15, 0.2) is 134 Å². The second-order valence-corrected chi connectivity index (χ2v) is 18.4. The molecule has 3 N–H and O–H groups in total. The van der Waals surface area contributed by atoms with Crippen molar-refractivity contribution in [2.75, 3.05) is 13.2 Å². The topological polar surface area (TPSA) is 175 Å². The molecule has 0 aromatic carbocycles. The van der Waals surface area contributed by atoms with Gasteiger partial charge in [0.25, 0.3) is 0 Å². The summed E-state index contributed by atoms with van der Waals surface area (Å²) in [4.78, 5) is 50.9. The minimum atomic E-state index is -1.94. The molecule has 0 saturated carbocycles. The maximum absolute atomic E-state index is 13.1. The van der Waals surface area contributed by atoms with E-state index in [0.29, 0.717) is 32.1 Å². The van der Waals surface area contributed by atoms with Gasteiger partial charge in [-0.3, -0.25) is 14.4 Å². The van der Waals surface area contributed by atoms with Crippen molar-refractivity contribution < 1.29 is 58.2 Å². The quantitative estimate of drug-likeness (QED) is 0.0228. The van der Waals surface area contributed by atoms with Crippen LogP contribution in [0.4, 0.5) is 0 Å². The highest BCUT2D eigenvalue weighted by Crippen LogP contribution is 2.26. The van der Waals surface area contributed by atoms with Gasteiger partial charge in [-0.05, 0) is 109 Å². The van der Waals surface area contributed by atoms with Gasteiger partial charge in [-0.25, -0.2) is 4.79 Å². The number of carbonyl (C=O) groups excluding carboxylic acids is 3. The van der Waals surface area contributed by atoms with Gasteiger partial charge >= 0.3 is 23.9 Å². The molecule has 0 spiro atoms. The molecule has 1 heterocycles.